The maximum Gasteiger partial charge on any atom is 0.269 e. The lowest BCUT2D eigenvalue weighted by Crippen LogP contribution is -2.44. The zero-order chi connectivity index (χ0) is 15.2. The maximum absolute atomic E-state index is 12.2. The Morgan fingerprint density at radius 1 is 1.48 bits per heavy atom. The molecule has 1 atom stereocenters. The van der Waals surface area contributed by atoms with Gasteiger partial charge in [-0.25, -0.2) is 4.68 Å². The van der Waals surface area contributed by atoms with Crippen LogP contribution in [0.4, 0.5) is 5.69 Å². The molecule has 1 aliphatic rings. The quantitative estimate of drug-likeness (QED) is 0.782. The van der Waals surface area contributed by atoms with Gasteiger partial charge in [0.05, 0.1) is 11.9 Å². The highest BCUT2D eigenvalue weighted by Gasteiger charge is 2.18. The number of aromatic nitrogens is 2. The van der Waals surface area contributed by atoms with Gasteiger partial charge in [0.1, 0.15) is 6.04 Å². The van der Waals surface area contributed by atoms with E-state index in [0.717, 1.165) is 38.3 Å². The molecule has 116 valence electrons. The van der Waals surface area contributed by atoms with Gasteiger partial charge in [0.25, 0.3) is 5.56 Å². The molecule has 0 saturated carbocycles. The summed E-state index contributed by atoms with van der Waals surface area (Å²) >= 11 is 0. The van der Waals surface area contributed by atoms with Crippen LogP contribution in [0.15, 0.2) is 17.1 Å². The molecule has 7 heteroatoms. The van der Waals surface area contributed by atoms with Gasteiger partial charge in [-0.1, -0.05) is 6.92 Å². The molecule has 1 aromatic rings. The number of piperazine rings is 1. The van der Waals surface area contributed by atoms with Crippen molar-refractivity contribution in [3.05, 3.63) is 22.6 Å². The van der Waals surface area contributed by atoms with Gasteiger partial charge in [-0.15, -0.1) is 0 Å². The number of nitrogens with zero attached hydrogens (tertiary/aromatic N) is 3. The van der Waals surface area contributed by atoms with Crippen LogP contribution < -0.4 is 21.1 Å². The van der Waals surface area contributed by atoms with Gasteiger partial charge in [0.15, 0.2) is 0 Å². The minimum atomic E-state index is -0.596. The number of rotatable bonds is 5. The fourth-order valence-corrected chi connectivity index (χ4v) is 2.30. The standard InChI is InChI=1S/C14H23N5O2/c1-3-4-16-14(21)11(2)19-13(20)9-12(10-17-19)18-7-5-15-6-8-18/h9-11,15H,3-8H2,1-2H3,(H,16,21)/t11-/m1/s1. The van der Waals surface area contributed by atoms with Gasteiger partial charge < -0.3 is 15.5 Å². The summed E-state index contributed by atoms with van der Waals surface area (Å²) in [6.07, 6.45) is 2.53. The lowest BCUT2D eigenvalue weighted by molar-refractivity contribution is -0.124. The Morgan fingerprint density at radius 3 is 2.81 bits per heavy atom. The van der Waals surface area contributed by atoms with Crippen LogP contribution in [0.3, 0.4) is 0 Å². The third-order valence-corrected chi connectivity index (χ3v) is 3.59. The molecule has 0 unspecified atom stereocenters. The van der Waals surface area contributed by atoms with Crippen molar-refractivity contribution in [1.29, 1.82) is 0 Å². The second-order valence-corrected chi connectivity index (χ2v) is 5.20. The van der Waals surface area contributed by atoms with E-state index >= 15 is 0 Å². The summed E-state index contributed by atoms with van der Waals surface area (Å²) in [7, 11) is 0. The van der Waals surface area contributed by atoms with Gasteiger partial charge in [-0.3, -0.25) is 9.59 Å². The molecule has 0 spiro atoms. The Kier molecular flexibility index (Phi) is 5.32. The maximum atomic E-state index is 12.2. The van der Waals surface area contributed by atoms with E-state index in [1.165, 1.54) is 4.68 Å². The van der Waals surface area contributed by atoms with E-state index in [4.69, 9.17) is 0 Å². The predicted molar refractivity (Wildman–Crippen MR) is 81.6 cm³/mol. The second kappa shape index (κ2) is 7.21. The Balaban J connectivity index is 2.11. The van der Waals surface area contributed by atoms with Crippen LogP contribution in [0.25, 0.3) is 0 Å². The van der Waals surface area contributed by atoms with E-state index in [1.807, 2.05) is 6.92 Å². The third-order valence-electron chi connectivity index (χ3n) is 3.59. The molecule has 1 amide bonds. The van der Waals surface area contributed by atoms with Crippen molar-refractivity contribution < 1.29 is 4.79 Å². The molecule has 21 heavy (non-hydrogen) atoms. The molecule has 0 bridgehead atoms. The van der Waals surface area contributed by atoms with Gasteiger partial charge >= 0.3 is 0 Å². The predicted octanol–water partition coefficient (Wildman–Crippen LogP) is -0.260. The number of nitrogens with one attached hydrogen (secondary N) is 2. The fraction of sp³-hybridized carbons (Fsp3) is 0.643. The molecule has 1 saturated heterocycles. The van der Waals surface area contributed by atoms with E-state index in [2.05, 4.69) is 20.6 Å². The summed E-state index contributed by atoms with van der Waals surface area (Å²) in [6.45, 7) is 7.80. The molecule has 0 aromatic carbocycles. The van der Waals surface area contributed by atoms with E-state index in [9.17, 15) is 9.59 Å². The SMILES string of the molecule is CCCNC(=O)[C@@H](C)n1ncc(N2CCNCC2)cc1=O. The molecule has 0 aliphatic carbocycles. The molecule has 1 aromatic heterocycles. The first-order valence-corrected chi connectivity index (χ1v) is 7.45. The Bertz CT molecular complexity index is 536. The van der Waals surface area contributed by atoms with Crippen LogP contribution >= 0.6 is 0 Å². The van der Waals surface area contributed by atoms with Gasteiger partial charge in [-0.05, 0) is 13.3 Å². The van der Waals surface area contributed by atoms with Crippen molar-refractivity contribution in [2.24, 2.45) is 0 Å². The van der Waals surface area contributed by atoms with Crippen LogP contribution in [0, 0.1) is 0 Å². The van der Waals surface area contributed by atoms with Gasteiger partial charge in [0.2, 0.25) is 5.91 Å². The molecule has 7 nitrogen and oxygen atoms in total. The zero-order valence-electron chi connectivity index (χ0n) is 12.6. The minimum Gasteiger partial charge on any atom is -0.368 e. The van der Waals surface area contributed by atoms with Gasteiger partial charge in [-0.2, -0.15) is 5.10 Å². The topological polar surface area (TPSA) is 79.3 Å². The van der Waals surface area contributed by atoms with E-state index in [0.29, 0.717) is 6.54 Å². The lowest BCUT2D eigenvalue weighted by Gasteiger charge is -2.29. The lowest BCUT2D eigenvalue weighted by atomic mass is 10.3. The van der Waals surface area contributed by atoms with Crippen molar-refractivity contribution in [3.8, 4) is 0 Å². The molecule has 1 fully saturated rings. The average Bonchev–Trinajstić information content (AvgIpc) is 2.52. The van der Waals surface area contributed by atoms with Crippen molar-refractivity contribution in [3.63, 3.8) is 0 Å². The summed E-state index contributed by atoms with van der Waals surface area (Å²) in [5.41, 5.74) is 0.573. The fourth-order valence-electron chi connectivity index (χ4n) is 2.30. The first-order chi connectivity index (χ1) is 10.1. The average molecular weight is 293 g/mol. The molecular weight excluding hydrogens is 270 g/mol. The summed E-state index contributed by atoms with van der Waals surface area (Å²) in [6, 6.07) is 0.961. The summed E-state index contributed by atoms with van der Waals surface area (Å²) < 4.78 is 1.23. The van der Waals surface area contributed by atoms with Crippen molar-refractivity contribution in [2.45, 2.75) is 26.3 Å². The van der Waals surface area contributed by atoms with E-state index < -0.39 is 6.04 Å². The number of carbonyl (C=O) groups excluding carboxylic acids is 1. The van der Waals surface area contributed by atoms with Crippen LogP contribution in [0.1, 0.15) is 26.3 Å². The van der Waals surface area contributed by atoms with E-state index in [1.54, 1.807) is 19.2 Å². The highest BCUT2D eigenvalue weighted by Crippen LogP contribution is 2.11. The highest BCUT2D eigenvalue weighted by atomic mass is 16.2. The number of hydrogen-bond donors (Lipinski definition) is 2. The van der Waals surface area contributed by atoms with Crippen LogP contribution in [0.5, 0.6) is 0 Å². The molecule has 2 rings (SSSR count). The smallest absolute Gasteiger partial charge is 0.269 e. The summed E-state index contributed by atoms with van der Waals surface area (Å²) in [4.78, 5) is 26.2. The van der Waals surface area contributed by atoms with E-state index in [-0.39, 0.29) is 11.5 Å². The molecular formula is C14H23N5O2. The minimum absolute atomic E-state index is 0.179. The number of anilines is 1. The first kappa shape index (κ1) is 15.5. The molecule has 2 N–H and O–H groups in total. The first-order valence-electron chi connectivity index (χ1n) is 7.45. The van der Waals surface area contributed by atoms with Crippen LogP contribution in [-0.4, -0.2) is 48.4 Å². The Morgan fingerprint density at radius 2 is 2.19 bits per heavy atom. The zero-order valence-corrected chi connectivity index (χ0v) is 12.6. The normalized spacial score (nSPS) is 16.6. The Labute approximate surface area is 124 Å². The highest BCUT2D eigenvalue weighted by molar-refractivity contribution is 5.79. The van der Waals surface area contributed by atoms with Crippen molar-refractivity contribution in [1.82, 2.24) is 20.4 Å². The molecule has 2 heterocycles. The van der Waals surface area contributed by atoms with Gasteiger partial charge in [0, 0.05) is 38.8 Å². The Hall–Kier alpha value is -1.89. The third kappa shape index (κ3) is 3.81. The number of amides is 1. The summed E-state index contributed by atoms with van der Waals surface area (Å²) in [5.74, 6) is -0.179. The second-order valence-electron chi connectivity index (χ2n) is 5.20. The summed E-state index contributed by atoms with van der Waals surface area (Å²) in [5, 5.41) is 10.2. The number of hydrogen-bond acceptors (Lipinski definition) is 5. The molecule has 1 aliphatic heterocycles. The number of carbonyl (C=O) groups is 1. The van der Waals surface area contributed by atoms with Crippen molar-refractivity contribution >= 4 is 11.6 Å². The monoisotopic (exact) mass is 293 g/mol. The van der Waals surface area contributed by atoms with Crippen LogP contribution in [-0.2, 0) is 4.79 Å². The molecule has 0 radical (unpaired) electrons. The largest absolute Gasteiger partial charge is 0.368 e. The van der Waals surface area contributed by atoms with Crippen molar-refractivity contribution in [2.75, 3.05) is 37.6 Å². The van der Waals surface area contributed by atoms with Crippen LogP contribution in [0.2, 0.25) is 0 Å².